The van der Waals surface area contributed by atoms with Crippen LogP contribution < -0.4 is 5.32 Å². The Kier molecular flexibility index (Phi) is 5.17. The van der Waals surface area contributed by atoms with Crippen molar-refractivity contribution in [2.75, 3.05) is 26.4 Å². The standard InChI is InChI=1S/C12H13Br2NO3/c13-8-1-2-11(14)10(5-8)12(16)15-6-9-7-17-3-4-18-9/h1-2,5,9H,3-4,6-7H2,(H,15,16). The molecule has 0 spiro atoms. The number of carbonyl (C=O) groups excluding carboxylic acids is 1. The average Bonchev–Trinajstić information content (AvgIpc) is 2.40. The minimum atomic E-state index is -0.127. The van der Waals surface area contributed by atoms with Crippen LogP contribution in [0.4, 0.5) is 0 Å². The third-order valence-corrected chi connectivity index (χ3v) is 3.73. The van der Waals surface area contributed by atoms with E-state index >= 15 is 0 Å². The highest BCUT2D eigenvalue weighted by Crippen LogP contribution is 2.21. The molecule has 0 bridgehead atoms. The van der Waals surface area contributed by atoms with Gasteiger partial charge in [-0.05, 0) is 34.1 Å². The van der Waals surface area contributed by atoms with Gasteiger partial charge in [-0.15, -0.1) is 0 Å². The first-order chi connectivity index (χ1) is 8.66. The Labute approximate surface area is 122 Å². The molecular weight excluding hydrogens is 366 g/mol. The van der Waals surface area contributed by atoms with E-state index < -0.39 is 0 Å². The van der Waals surface area contributed by atoms with Crippen molar-refractivity contribution < 1.29 is 14.3 Å². The minimum absolute atomic E-state index is 0.0615. The number of halogens is 2. The van der Waals surface area contributed by atoms with E-state index in [0.29, 0.717) is 31.9 Å². The van der Waals surface area contributed by atoms with Crippen LogP contribution in [0.1, 0.15) is 10.4 Å². The zero-order valence-electron chi connectivity index (χ0n) is 9.62. The fourth-order valence-corrected chi connectivity index (χ4v) is 2.42. The van der Waals surface area contributed by atoms with Crippen LogP contribution in [0.25, 0.3) is 0 Å². The molecule has 1 saturated heterocycles. The van der Waals surface area contributed by atoms with Crippen LogP contribution in [0.15, 0.2) is 27.1 Å². The molecule has 1 fully saturated rings. The summed E-state index contributed by atoms with van der Waals surface area (Å²) < 4.78 is 12.4. The summed E-state index contributed by atoms with van der Waals surface area (Å²) in [7, 11) is 0. The summed E-state index contributed by atoms with van der Waals surface area (Å²) in [6.45, 7) is 2.19. The predicted octanol–water partition coefficient (Wildman–Crippen LogP) is 2.36. The molecule has 0 aromatic heterocycles. The third-order valence-electron chi connectivity index (χ3n) is 2.55. The van der Waals surface area contributed by atoms with Crippen molar-refractivity contribution in [3.63, 3.8) is 0 Å². The highest BCUT2D eigenvalue weighted by atomic mass is 79.9. The number of rotatable bonds is 3. The topological polar surface area (TPSA) is 47.6 Å². The van der Waals surface area contributed by atoms with E-state index in [0.717, 1.165) is 8.95 Å². The molecule has 0 saturated carbocycles. The number of hydrogen-bond donors (Lipinski definition) is 1. The van der Waals surface area contributed by atoms with Gasteiger partial charge in [0.1, 0.15) is 0 Å². The molecule has 98 valence electrons. The molecule has 4 nitrogen and oxygen atoms in total. The summed E-state index contributed by atoms with van der Waals surface area (Å²) in [6, 6.07) is 5.48. The average molecular weight is 379 g/mol. The lowest BCUT2D eigenvalue weighted by atomic mass is 10.2. The van der Waals surface area contributed by atoms with Crippen LogP contribution >= 0.6 is 31.9 Å². The Morgan fingerprint density at radius 1 is 1.39 bits per heavy atom. The molecule has 2 rings (SSSR count). The van der Waals surface area contributed by atoms with Gasteiger partial charge >= 0.3 is 0 Å². The van der Waals surface area contributed by atoms with E-state index in [1.165, 1.54) is 0 Å². The molecule has 1 heterocycles. The maximum atomic E-state index is 12.0. The van der Waals surface area contributed by atoms with Gasteiger partial charge in [0, 0.05) is 15.5 Å². The second-order valence-electron chi connectivity index (χ2n) is 3.90. The van der Waals surface area contributed by atoms with Gasteiger partial charge in [0.15, 0.2) is 0 Å². The van der Waals surface area contributed by atoms with Crippen molar-refractivity contribution in [1.29, 1.82) is 0 Å². The summed E-state index contributed by atoms with van der Waals surface area (Å²) >= 11 is 6.71. The predicted molar refractivity (Wildman–Crippen MR) is 74.7 cm³/mol. The van der Waals surface area contributed by atoms with Gasteiger partial charge in [0.25, 0.3) is 5.91 Å². The van der Waals surface area contributed by atoms with Gasteiger partial charge < -0.3 is 14.8 Å². The first kappa shape index (κ1) is 14.0. The Hall–Kier alpha value is -0.430. The van der Waals surface area contributed by atoms with Crippen molar-refractivity contribution in [3.8, 4) is 0 Å². The molecule has 6 heteroatoms. The summed E-state index contributed by atoms with van der Waals surface area (Å²) in [5.74, 6) is -0.127. The smallest absolute Gasteiger partial charge is 0.252 e. The first-order valence-corrected chi connectivity index (χ1v) is 7.18. The van der Waals surface area contributed by atoms with Crippen molar-refractivity contribution in [3.05, 3.63) is 32.7 Å². The molecule has 1 aromatic rings. The van der Waals surface area contributed by atoms with Gasteiger partial charge in [-0.2, -0.15) is 0 Å². The number of ether oxygens (including phenoxy) is 2. The number of hydrogen-bond acceptors (Lipinski definition) is 3. The molecule has 1 amide bonds. The molecule has 1 aromatic carbocycles. The van der Waals surface area contributed by atoms with Crippen LogP contribution in [0, 0.1) is 0 Å². The number of nitrogens with one attached hydrogen (secondary N) is 1. The van der Waals surface area contributed by atoms with Crippen molar-refractivity contribution >= 4 is 37.8 Å². The molecule has 0 aliphatic carbocycles. The Bertz CT molecular complexity index is 433. The van der Waals surface area contributed by atoms with Crippen molar-refractivity contribution in [2.24, 2.45) is 0 Å². The SMILES string of the molecule is O=C(NCC1COCCO1)c1cc(Br)ccc1Br. The van der Waals surface area contributed by atoms with Crippen LogP contribution in [-0.4, -0.2) is 38.4 Å². The summed E-state index contributed by atoms with van der Waals surface area (Å²) in [5, 5.41) is 2.84. The first-order valence-electron chi connectivity index (χ1n) is 5.59. The number of carbonyl (C=O) groups is 1. The quantitative estimate of drug-likeness (QED) is 0.878. The van der Waals surface area contributed by atoms with Crippen molar-refractivity contribution in [2.45, 2.75) is 6.10 Å². The summed E-state index contributed by atoms with van der Waals surface area (Å²) in [6.07, 6.45) is -0.0615. The lowest BCUT2D eigenvalue weighted by Gasteiger charge is -2.23. The molecule has 1 N–H and O–H groups in total. The number of amides is 1. The minimum Gasteiger partial charge on any atom is -0.376 e. The van der Waals surface area contributed by atoms with Crippen molar-refractivity contribution in [1.82, 2.24) is 5.32 Å². The van der Waals surface area contributed by atoms with Crippen LogP contribution in [0.2, 0.25) is 0 Å². The van der Waals surface area contributed by atoms with Gasteiger partial charge in [-0.1, -0.05) is 15.9 Å². The Morgan fingerprint density at radius 2 is 2.22 bits per heavy atom. The maximum Gasteiger partial charge on any atom is 0.252 e. The van der Waals surface area contributed by atoms with E-state index in [1.807, 2.05) is 12.1 Å². The van der Waals surface area contributed by atoms with Crippen LogP contribution in [-0.2, 0) is 9.47 Å². The normalized spacial score (nSPS) is 19.6. The largest absolute Gasteiger partial charge is 0.376 e. The Balaban J connectivity index is 1.92. The fraction of sp³-hybridized carbons (Fsp3) is 0.417. The zero-order valence-corrected chi connectivity index (χ0v) is 12.8. The maximum absolute atomic E-state index is 12.0. The molecule has 1 aliphatic rings. The zero-order chi connectivity index (χ0) is 13.0. The van der Waals surface area contributed by atoms with Crippen LogP contribution in [0.3, 0.4) is 0 Å². The molecule has 0 radical (unpaired) electrons. The van der Waals surface area contributed by atoms with E-state index in [2.05, 4.69) is 37.2 Å². The van der Waals surface area contributed by atoms with Gasteiger partial charge in [0.05, 0.1) is 31.5 Å². The number of benzene rings is 1. The highest BCUT2D eigenvalue weighted by Gasteiger charge is 2.16. The van der Waals surface area contributed by atoms with E-state index in [9.17, 15) is 4.79 Å². The van der Waals surface area contributed by atoms with Gasteiger partial charge in [-0.25, -0.2) is 0 Å². The van der Waals surface area contributed by atoms with E-state index in [4.69, 9.17) is 9.47 Å². The fourth-order valence-electron chi connectivity index (χ4n) is 1.63. The van der Waals surface area contributed by atoms with Gasteiger partial charge in [-0.3, -0.25) is 4.79 Å². The molecule has 18 heavy (non-hydrogen) atoms. The molecule has 1 aliphatic heterocycles. The summed E-state index contributed by atoms with van der Waals surface area (Å²) in [4.78, 5) is 12.0. The third kappa shape index (κ3) is 3.78. The second kappa shape index (κ2) is 6.65. The highest BCUT2D eigenvalue weighted by molar-refractivity contribution is 9.11. The lowest BCUT2D eigenvalue weighted by Crippen LogP contribution is -2.39. The lowest BCUT2D eigenvalue weighted by molar-refractivity contribution is -0.0855. The van der Waals surface area contributed by atoms with E-state index in [1.54, 1.807) is 6.07 Å². The monoisotopic (exact) mass is 377 g/mol. The molecule has 1 unspecified atom stereocenters. The second-order valence-corrected chi connectivity index (χ2v) is 5.67. The molecular formula is C12H13Br2NO3. The Morgan fingerprint density at radius 3 is 2.94 bits per heavy atom. The summed E-state index contributed by atoms with van der Waals surface area (Å²) in [5.41, 5.74) is 0.598. The molecule has 1 atom stereocenters. The van der Waals surface area contributed by atoms with E-state index in [-0.39, 0.29) is 12.0 Å². The van der Waals surface area contributed by atoms with Gasteiger partial charge in [0.2, 0.25) is 0 Å². The van der Waals surface area contributed by atoms with Crippen LogP contribution in [0.5, 0.6) is 0 Å².